The highest BCUT2D eigenvalue weighted by Gasteiger charge is 2.19. The molecule has 0 aliphatic rings. The molecule has 3 aromatic heterocycles. The lowest BCUT2D eigenvalue weighted by Gasteiger charge is -2.04. The molecule has 1 aromatic carbocycles. The maximum absolute atomic E-state index is 12.6. The van der Waals surface area contributed by atoms with Crippen molar-refractivity contribution in [1.29, 1.82) is 0 Å². The standard InChI is InChI=1S/C17H17N5O2/c1-10-5-7-11(8-6-10)12-9-22-13-14(18-16(22)19(12)2)20(3)17(24)21(4)15(13)23/h5-9H,1-4H3. The van der Waals surface area contributed by atoms with Gasteiger partial charge in [0.15, 0.2) is 11.2 Å². The van der Waals surface area contributed by atoms with Crippen molar-refractivity contribution in [2.45, 2.75) is 6.92 Å². The van der Waals surface area contributed by atoms with Gasteiger partial charge in [-0.25, -0.2) is 4.79 Å². The molecule has 0 radical (unpaired) electrons. The molecule has 0 aliphatic carbocycles. The summed E-state index contributed by atoms with van der Waals surface area (Å²) in [6, 6.07) is 8.18. The Balaban J connectivity index is 2.13. The van der Waals surface area contributed by atoms with Crippen LogP contribution < -0.4 is 11.2 Å². The number of aryl methyl sites for hydroxylation is 3. The number of fused-ring (bicyclic) bond motifs is 3. The highest BCUT2D eigenvalue weighted by atomic mass is 16.2. The molecule has 0 amide bonds. The summed E-state index contributed by atoms with van der Waals surface area (Å²) in [4.78, 5) is 29.2. The second kappa shape index (κ2) is 4.70. The van der Waals surface area contributed by atoms with Gasteiger partial charge in [0.1, 0.15) is 0 Å². The quantitative estimate of drug-likeness (QED) is 0.529. The van der Waals surface area contributed by atoms with Crippen LogP contribution in [0, 0.1) is 6.92 Å². The van der Waals surface area contributed by atoms with Gasteiger partial charge in [0.05, 0.1) is 5.69 Å². The van der Waals surface area contributed by atoms with E-state index in [0.29, 0.717) is 16.9 Å². The van der Waals surface area contributed by atoms with Gasteiger partial charge >= 0.3 is 5.69 Å². The first-order valence-electron chi connectivity index (χ1n) is 7.60. The van der Waals surface area contributed by atoms with Gasteiger partial charge in [0.2, 0.25) is 5.78 Å². The average Bonchev–Trinajstić information content (AvgIpc) is 3.09. The van der Waals surface area contributed by atoms with Crippen LogP contribution in [0.5, 0.6) is 0 Å². The first-order valence-corrected chi connectivity index (χ1v) is 7.60. The fraction of sp³-hybridized carbons (Fsp3) is 0.235. The molecule has 0 fully saturated rings. The number of benzene rings is 1. The van der Waals surface area contributed by atoms with Gasteiger partial charge in [-0.1, -0.05) is 29.8 Å². The minimum atomic E-state index is -0.380. The van der Waals surface area contributed by atoms with Crippen LogP contribution in [0.3, 0.4) is 0 Å². The van der Waals surface area contributed by atoms with Crippen molar-refractivity contribution in [1.82, 2.24) is 23.1 Å². The molecule has 3 heterocycles. The van der Waals surface area contributed by atoms with Crippen LogP contribution in [-0.2, 0) is 21.1 Å². The molecule has 0 N–H and O–H groups in total. The highest BCUT2D eigenvalue weighted by Crippen LogP contribution is 2.24. The third-order valence-corrected chi connectivity index (χ3v) is 4.53. The smallest absolute Gasteiger partial charge is 0.313 e. The molecule has 122 valence electrons. The van der Waals surface area contributed by atoms with E-state index in [1.165, 1.54) is 17.2 Å². The van der Waals surface area contributed by atoms with Crippen molar-refractivity contribution in [2.75, 3.05) is 0 Å². The Morgan fingerprint density at radius 3 is 2.25 bits per heavy atom. The van der Waals surface area contributed by atoms with Crippen LogP contribution in [0.25, 0.3) is 28.2 Å². The number of imidazole rings is 2. The summed E-state index contributed by atoms with van der Waals surface area (Å²) in [5.74, 6) is 0.624. The molecule has 4 rings (SSSR count). The summed E-state index contributed by atoms with van der Waals surface area (Å²) in [5, 5.41) is 0. The van der Waals surface area contributed by atoms with Gasteiger partial charge in [-0.2, -0.15) is 4.98 Å². The number of hydrogen-bond donors (Lipinski definition) is 0. The average molecular weight is 323 g/mol. The molecular weight excluding hydrogens is 306 g/mol. The van der Waals surface area contributed by atoms with Crippen molar-refractivity contribution in [3.8, 4) is 11.3 Å². The molecule has 4 aromatic rings. The number of hydrogen-bond acceptors (Lipinski definition) is 3. The highest BCUT2D eigenvalue weighted by molar-refractivity contribution is 5.78. The van der Waals surface area contributed by atoms with Crippen LogP contribution in [0.15, 0.2) is 40.1 Å². The fourth-order valence-corrected chi connectivity index (χ4v) is 3.07. The lowest BCUT2D eigenvalue weighted by atomic mass is 10.1. The topological polar surface area (TPSA) is 66.2 Å². The summed E-state index contributed by atoms with van der Waals surface area (Å²) < 4.78 is 6.19. The molecule has 0 bridgehead atoms. The van der Waals surface area contributed by atoms with Gasteiger partial charge in [-0.15, -0.1) is 0 Å². The summed E-state index contributed by atoms with van der Waals surface area (Å²) in [6.07, 6.45) is 1.89. The summed E-state index contributed by atoms with van der Waals surface area (Å²) in [6.45, 7) is 2.04. The fourth-order valence-electron chi connectivity index (χ4n) is 3.07. The molecule has 24 heavy (non-hydrogen) atoms. The van der Waals surface area contributed by atoms with E-state index in [-0.39, 0.29) is 11.2 Å². The van der Waals surface area contributed by atoms with Crippen LogP contribution in [0.2, 0.25) is 0 Å². The predicted octanol–water partition coefficient (Wildman–Crippen LogP) is 1.20. The van der Waals surface area contributed by atoms with E-state index in [0.717, 1.165) is 15.8 Å². The Morgan fingerprint density at radius 2 is 1.58 bits per heavy atom. The first-order chi connectivity index (χ1) is 11.4. The predicted molar refractivity (Wildman–Crippen MR) is 92.3 cm³/mol. The second-order valence-electron chi connectivity index (χ2n) is 6.10. The zero-order chi connectivity index (χ0) is 17.2. The molecule has 0 spiro atoms. The van der Waals surface area contributed by atoms with Crippen molar-refractivity contribution >= 4 is 16.9 Å². The van der Waals surface area contributed by atoms with Crippen molar-refractivity contribution in [2.24, 2.45) is 21.1 Å². The van der Waals surface area contributed by atoms with E-state index < -0.39 is 0 Å². The van der Waals surface area contributed by atoms with Crippen molar-refractivity contribution in [3.05, 3.63) is 56.9 Å². The maximum Gasteiger partial charge on any atom is 0.332 e. The number of rotatable bonds is 1. The van der Waals surface area contributed by atoms with E-state index in [4.69, 9.17) is 0 Å². The van der Waals surface area contributed by atoms with Crippen molar-refractivity contribution < 1.29 is 0 Å². The summed E-state index contributed by atoms with van der Waals surface area (Å²) in [7, 11) is 5.00. The Morgan fingerprint density at radius 1 is 0.917 bits per heavy atom. The maximum atomic E-state index is 12.6. The van der Waals surface area contributed by atoms with Crippen LogP contribution in [-0.4, -0.2) is 23.1 Å². The van der Waals surface area contributed by atoms with Crippen LogP contribution in [0.4, 0.5) is 0 Å². The molecule has 0 unspecified atom stereocenters. The molecule has 7 heteroatoms. The van der Waals surface area contributed by atoms with E-state index in [9.17, 15) is 9.59 Å². The lowest BCUT2D eigenvalue weighted by Crippen LogP contribution is -2.37. The molecular formula is C17H17N5O2. The minimum Gasteiger partial charge on any atom is -0.313 e. The largest absolute Gasteiger partial charge is 0.332 e. The molecule has 0 aliphatic heterocycles. The third-order valence-electron chi connectivity index (χ3n) is 4.53. The van der Waals surface area contributed by atoms with Gasteiger partial charge in [0, 0.05) is 27.3 Å². The number of aromatic nitrogens is 5. The van der Waals surface area contributed by atoms with E-state index in [2.05, 4.69) is 4.98 Å². The third kappa shape index (κ3) is 1.75. The molecule has 0 atom stereocenters. The minimum absolute atomic E-state index is 0.346. The van der Waals surface area contributed by atoms with Gasteiger partial charge < -0.3 is 4.57 Å². The van der Waals surface area contributed by atoms with E-state index in [1.807, 2.05) is 49.0 Å². The van der Waals surface area contributed by atoms with Crippen molar-refractivity contribution in [3.63, 3.8) is 0 Å². The zero-order valence-electron chi connectivity index (χ0n) is 13.9. The van der Waals surface area contributed by atoms with E-state index >= 15 is 0 Å². The normalized spacial score (nSPS) is 11.7. The Labute approximate surface area is 137 Å². The number of nitrogens with zero attached hydrogens (tertiary/aromatic N) is 5. The Hall–Kier alpha value is -3.09. The van der Waals surface area contributed by atoms with Gasteiger partial charge in [-0.05, 0) is 12.5 Å². The first kappa shape index (κ1) is 14.5. The van der Waals surface area contributed by atoms with Gasteiger partial charge in [0.25, 0.3) is 5.56 Å². The van der Waals surface area contributed by atoms with E-state index in [1.54, 1.807) is 11.4 Å². The van der Waals surface area contributed by atoms with Gasteiger partial charge in [-0.3, -0.25) is 18.3 Å². The zero-order valence-corrected chi connectivity index (χ0v) is 13.9. The van der Waals surface area contributed by atoms with Crippen LogP contribution >= 0.6 is 0 Å². The Bertz CT molecular complexity index is 1220. The van der Waals surface area contributed by atoms with Crippen LogP contribution in [0.1, 0.15) is 5.56 Å². The monoisotopic (exact) mass is 323 g/mol. The molecule has 0 saturated heterocycles. The second-order valence-corrected chi connectivity index (χ2v) is 6.10. The molecule has 7 nitrogen and oxygen atoms in total. The Kier molecular flexibility index (Phi) is 2.84. The molecule has 0 saturated carbocycles. The lowest BCUT2D eigenvalue weighted by molar-refractivity contribution is 0.708. The summed E-state index contributed by atoms with van der Waals surface area (Å²) >= 11 is 0. The summed E-state index contributed by atoms with van der Waals surface area (Å²) in [5.41, 5.74) is 3.26. The SMILES string of the molecule is Cc1ccc(-c2cn3c4c(=O)n(C)c(=O)n(C)c4nc3n2C)cc1.